The van der Waals surface area contributed by atoms with Crippen molar-refractivity contribution in [3.05, 3.63) is 12.2 Å². The minimum absolute atomic E-state index is 0.329. The maximum Gasteiger partial charge on any atom is 0.314 e. The SMILES string of the molecule is C=C1CCC(CN(C)C(N)=O)CC1. The van der Waals surface area contributed by atoms with Gasteiger partial charge in [0.25, 0.3) is 0 Å². The summed E-state index contributed by atoms with van der Waals surface area (Å²) in [6, 6.07) is -0.329. The van der Waals surface area contributed by atoms with E-state index >= 15 is 0 Å². The van der Waals surface area contributed by atoms with Gasteiger partial charge in [-0.25, -0.2) is 4.79 Å². The Balaban J connectivity index is 2.30. The first-order chi connectivity index (χ1) is 6.09. The number of carbonyl (C=O) groups excluding carboxylic acids is 1. The summed E-state index contributed by atoms with van der Waals surface area (Å²) in [5, 5.41) is 0. The molecule has 3 heteroatoms. The molecule has 2 N–H and O–H groups in total. The van der Waals surface area contributed by atoms with Crippen LogP contribution in [0.4, 0.5) is 4.79 Å². The Hall–Kier alpha value is -0.990. The fourth-order valence-electron chi connectivity index (χ4n) is 1.75. The number of carbonyl (C=O) groups is 1. The molecule has 1 aliphatic carbocycles. The molecule has 0 bridgehead atoms. The molecule has 3 nitrogen and oxygen atoms in total. The molecule has 0 aromatic heterocycles. The van der Waals surface area contributed by atoms with Gasteiger partial charge in [0.05, 0.1) is 0 Å². The zero-order chi connectivity index (χ0) is 9.84. The van der Waals surface area contributed by atoms with Crippen molar-refractivity contribution in [1.82, 2.24) is 4.90 Å². The molecule has 0 aromatic carbocycles. The maximum absolute atomic E-state index is 10.8. The zero-order valence-corrected chi connectivity index (χ0v) is 8.25. The summed E-state index contributed by atoms with van der Waals surface area (Å²) in [6.45, 7) is 4.75. The molecule has 0 aromatic rings. The Labute approximate surface area is 79.6 Å². The van der Waals surface area contributed by atoms with Crippen molar-refractivity contribution < 1.29 is 4.79 Å². The fourth-order valence-corrected chi connectivity index (χ4v) is 1.75. The highest BCUT2D eigenvalue weighted by Gasteiger charge is 2.18. The third kappa shape index (κ3) is 3.09. The molecule has 0 atom stereocenters. The van der Waals surface area contributed by atoms with Gasteiger partial charge in [0.1, 0.15) is 0 Å². The van der Waals surface area contributed by atoms with E-state index in [0.717, 1.165) is 32.2 Å². The first-order valence-electron chi connectivity index (χ1n) is 4.77. The van der Waals surface area contributed by atoms with Crippen LogP contribution in [0.2, 0.25) is 0 Å². The van der Waals surface area contributed by atoms with Crippen molar-refractivity contribution >= 4 is 6.03 Å². The molecule has 0 radical (unpaired) electrons. The molecule has 1 aliphatic rings. The van der Waals surface area contributed by atoms with Crippen molar-refractivity contribution in [2.24, 2.45) is 11.7 Å². The van der Waals surface area contributed by atoms with Gasteiger partial charge in [-0.2, -0.15) is 0 Å². The Morgan fingerprint density at radius 3 is 2.62 bits per heavy atom. The van der Waals surface area contributed by atoms with Crippen molar-refractivity contribution in [2.45, 2.75) is 25.7 Å². The Morgan fingerprint density at radius 2 is 2.15 bits per heavy atom. The third-order valence-electron chi connectivity index (χ3n) is 2.72. The Kier molecular flexibility index (Phi) is 3.34. The van der Waals surface area contributed by atoms with Crippen molar-refractivity contribution in [3.8, 4) is 0 Å². The van der Waals surface area contributed by atoms with Gasteiger partial charge in [-0.1, -0.05) is 12.2 Å². The average Bonchev–Trinajstić information content (AvgIpc) is 2.08. The largest absolute Gasteiger partial charge is 0.351 e. The van der Waals surface area contributed by atoms with Crippen molar-refractivity contribution in [3.63, 3.8) is 0 Å². The van der Waals surface area contributed by atoms with E-state index in [1.165, 1.54) is 5.57 Å². The van der Waals surface area contributed by atoms with Gasteiger partial charge in [-0.3, -0.25) is 0 Å². The second-order valence-electron chi connectivity index (χ2n) is 3.91. The van der Waals surface area contributed by atoms with Crippen LogP contribution >= 0.6 is 0 Å². The van der Waals surface area contributed by atoms with Gasteiger partial charge in [0.15, 0.2) is 0 Å². The number of nitrogens with two attached hydrogens (primary N) is 1. The number of allylic oxidation sites excluding steroid dienone is 1. The van der Waals surface area contributed by atoms with E-state index in [0.29, 0.717) is 5.92 Å². The van der Waals surface area contributed by atoms with Gasteiger partial charge in [0, 0.05) is 13.6 Å². The highest BCUT2D eigenvalue weighted by molar-refractivity contribution is 5.71. The van der Waals surface area contributed by atoms with Crippen LogP contribution in [-0.2, 0) is 0 Å². The van der Waals surface area contributed by atoms with Gasteiger partial charge in [-0.15, -0.1) is 0 Å². The van der Waals surface area contributed by atoms with E-state index in [4.69, 9.17) is 5.73 Å². The first kappa shape index (κ1) is 10.1. The van der Waals surface area contributed by atoms with Crippen LogP contribution in [0.5, 0.6) is 0 Å². The van der Waals surface area contributed by atoms with Crippen LogP contribution in [0.25, 0.3) is 0 Å². The normalized spacial score (nSPS) is 18.7. The lowest BCUT2D eigenvalue weighted by Gasteiger charge is -2.26. The molecule has 1 saturated carbocycles. The number of rotatable bonds is 2. The van der Waals surface area contributed by atoms with Gasteiger partial charge >= 0.3 is 6.03 Å². The van der Waals surface area contributed by atoms with E-state index in [2.05, 4.69) is 6.58 Å². The number of primary amides is 1. The summed E-state index contributed by atoms with van der Waals surface area (Å²) in [6.07, 6.45) is 4.52. The lowest BCUT2D eigenvalue weighted by atomic mass is 9.86. The molecule has 0 unspecified atom stereocenters. The number of hydrogen-bond acceptors (Lipinski definition) is 1. The summed E-state index contributed by atoms with van der Waals surface area (Å²) < 4.78 is 0. The smallest absolute Gasteiger partial charge is 0.314 e. The monoisotopic (exact) mass is 182 g/mol. The van der Waals surface area contributed by atoms with E-state index in [1.54, 1.807) is 11.9 Å². The molecular formula is C10H18N2O. The predicted octanol–water partition coefficient (Wildman–Crippen LogP) is 1.74. The van der Waals surface area contributed by atoms with Crippen molar-refractivity contribution in [1.29, 1.82) is 0 Å². The van der Waals surface area contributed by atoms with E-state index in [1.807, 2.05) is 0 Å². The van der Waals surface area contributed by atoms with Crippen LogP contribution in [-0.4, -0.2) is 24.5 Å². The van der Waals surface area contributed by atoms with Crippen LogP contribution in [0.1, 0.15) is 25.7 Å². The van der Waals surface area contributed by atoms with Crippen LogP contribution in [0.15, 0.2) is 12.2 Å². The summed E-state index contributed by atoms with van der Waals surface area (Å²) in [5.41, 5.74) is 6.50. The quantitative estimate of drug-likeness (QED) is 0.650. The van der Waals surface area contributed by atoms with Gasteiger partial charge in [0.2, 0.25) is 0 Å². The molecule has 0 saturated heterocycles. The third-order valence-corrected chi connectivity index (χ3v) is 2.72. The number of urea groups is 1. The number of nitrogens with zero attached hydrogens (tertiary/aromatic N) is 1. The van der Waals surface area contributed by atoms with Crippen molar-refractivity contribution in [2.75, 3.05) is 13.6 Å². The predicted molar refractivity (Wildman–Crippen MR) is 53.3 cm³/mol. The van der Waals surface area contributed by atoms with Crippen LogP contribution < -0.4 is 5.73 Å². The number of hydrogen-bond donors (Lipinski definition) is 1. The topological polar surface area (TPSA) is 46.3 Å². The first-order valence-corrected chi connectivity index (χ1v) is 4.77. The molecule has 0 heterocycles. The molecule has 2 amide bonds. The molecule has 0 spiro atoms. The second-order valence-corrected chi connectivity index (χ2v) is 3.91. The van der Waals surface area contributed by atoms with Crippen LogP contribution in [0, 0.1) is 5.92 Å². The molecule has 1 fully saturated rings. The molecular weight excluding hydrogens is 164 g/mol. The molecule has 1 rings (SSSR count). The summed E-state index contributed by atoms with van der Waals surface area (Å²) in [4.78, 5) is 12.4. The van der Waals surface area contributed by atoms with Gasteiger partial charge in [-0.05, 0) is 31.6 Å². The molecule has 13 heavy (non-hydrogen) atoms. The lowest BCUT2D eigenvalue weighted by Crippen LogP contribution is -2.36. The minimum atomic E-state index is -0.329. The van der Waals surface area contributed by atoms with Gasteiger partial charge < -0.3 is 10.6 Å². The Morgan fingerprint density at radius 1 is 1.62 bits per heavy atom. The minimum Gasteiger partial charge on any atom is -0.351 e. The number of amides is 2. The summed E-state index contributed by atoms with van der Waals surface area (Å²) in [7, 11) is 1.76. The fraction of sp³-hybridized carbons (Fsp3) is 0.700. The van der Waals surface area contributed by atoms with E-state index < -0.39 is 0 Å². The zero-order valence-electron chi connectivity index (χ0n) is 8.25. The summed E-state index contributed by atoms with van der Waals surface area (Å²) >= 11 is 0. The summed E-state index contributed by atoms with van der Waals surface area (Å²) in [5.74, 6) is 0.614. The second kappa shape index (κ2) is 4.30. The standard InChI is InChI=1S/C10H18N2O/c1-8-3-5-9(6-4-8)7-12(2)10(11)13/h9H,1,3-7H2,2H3,(H2,11,13). The highest BCUT2D eigenvalue weighted by Crippen LogP contribution is 2.27. The lowest BCUT2D eigenvalue weighted by molar-refractivity contribution is 0.204. The Bertz CT molecular complexity index is 203. The molecule has 0 aliphatic heterocycles. The van der Waals surface area contributed by atoms with Crippen LogP contribution in [0.3, 0.4) is 0 Å². The van der Waals surface area contributed by atoms with E-state index in [9.17, 15) is 4.79 Å². The average molecular weight is 182 g/mol. The highest BCUT2D eigenvalue weighted by atomic mass is 16.2. The maximum atomic E-state index is 10.8. The van der Waals surface area contributed by atoms with E-state index in [-0.39, 0.29) is 6.03 Å². The molecule has 74 valence electrons.